The average Bonchev–Trinajstić information content (AvgIpc) is 2.33. The van der Waals surface area contributed by atoms with Gasteiger partial charge in [-0.1, -0.05) is 6.92 Å². The average molecular weight is 240 g/mol. The van der Waals surface area contributed by atoms with E-state index < -0.39 is 0 Å². The first-order chi connectivity index (χ1) is 7.67. The molecule has 0 aliphatic carbocycles. The zero-order chi connectivity index (χ0) is 11.7. The predicted molar refractivity (Wildman–Crippen MR) is 67.2 cm³/mol. The van der Waals surface area contributed by atoms with Gasteiger partial charge in [0.2, 0.25) is 0 Å². The summed E-state index contributed by atoms with van der Waals surface area (Å²) >= 11 is 1.73. The number of thioether (sulfide) groups is 1. The molecule has 1 unspecified atom stereocenters. The van der Waals surface area contributed by atoms with E-state index in [0.717, 1.165) is 11.3 Å². The second-order valence-corrected chi connectivity index (χ2v) is 5.01. The first-order valence-corrected chi connectivity index (χ1v) is 6.10. The van der Waals surface area contributed by atoms with Crippen molar-refractivity contribution in [1.29, 1.82) is 0 Å². The van der Waals surface area contributed by atoms with Crippen molar-refractivity contribution in [3.8, 4) is 11.5 Å². The Balaban J connectivity index is 2.46. The zero-order valence-electron chi connectivity index (χ0n) is 9.45. The van der Waals surface area contributed by atoms with E-state index >= 15 is 0 Å². The standard InChI is InChI=1S/C11H16N2O2S/c1-3-6-5-15-10-9(13)8(14-2)4-7(12)11(10)16-6/h4,6H,3,5,12-13H2,1-2H3. The number of nitrogens with two attached hydrogens (primary N) is 2. The van der Waals surface area contributed by atoms with Crippen LogP contribution in [0.3, 0.4) is 0 Å². The molecule has 4 N–H and O–H groups in total. The van der Waals surface area contributed by atoms with Crippen LogP contribution in [0.2, 0.25) is 0 Å². The molecule has 0 aromatic heterocycles. The molecule has 0 spiro atoms. The van der Waals surface area contributed by atoms with Gasteiger partial charge in [-0.15, -0.1) is 11.8 Å². The van der Waals surface area contributed by atoms with Gasteiger partial charge in [-0.05, 0) is 6.42 Å². The molecule has 0 fully saturated rings. The van der Waals surface area contributed by atoms with Crippen LogP contribution in [0, 0.1) is 0 Å². The van der Waals surface area contributed by atoms with E-state index in [0.29, 0.717) is 34.7 Å². The van der Waals surface area contributed by atoms with Crippen LogP contribution >= 0.6 is 11.8 Å². The zero-order valence-corrected chi connectivity index (χ0v) is 10.3. The lowest BCUT2D eigenvalue weighted by Crippen LogP contribution is -2.20. The Kier molecular flexibility index (Phi) is 3.05. The van der Waals surface area contributed by atoms with Crippen molar-refractivity contribution in [2.24, 2.45) is 0 Å². The molecule has 0 amide bonds. The van der Waals surface area contributed by atoms with E-state index in [1.165, 1.54) is 0 Å². The van der Waals surface area contributed by atoms with Crippen molar-refractivity contribution in [1.82, 2.24) is 0 Å². The van der Waals surface area contributed by atoms with Crippen molar-refractivity contribution >= 4 is 23.1 Å². The van der Waals surface area contributed by atoms with Crippen molar-refractivity contribution in [2.45, 2.75) is 23.5 Å². The summed E-state index contributed by atoms with van der Waals surface area (Å²) in [4.78, 5) is 0.941. The van der Waals surface area contributed by atoms with Crippen molar-refractivity contribution in [3.05, 3.63) is 6.07 Å². The summed E-state index contributed by atoms with van der Waals surface area (Å²) in [6.07, 6.45) is 1.05. The molecular weight excluding hydrogens is 224 g/mol. The first kappa shape index (κ1) is 11.3. The van der Waals surface area contributed by atoms with Crippen LogP contribution in [0.15, 0.2) is 11.0 Å². The molecule has 0 saturated carbocycles. The Morgan fingerprint density at radius 2 is 2.31 bits per heavy atom. The predicted octanol–water partition coefficient (Wildman–Crippen LogP) is 2.12. The summed E-state index contributed by atoms with van der Waals surface area (Å²) < 4.78 is 10.8. The van der Waals surface area contributed by atoms with Crippen LogP contribution < -0.4 is 20.9 Å². The van der Waals surface area contributed by atoms with E-state index in [1.54, 1.807) is 24.9 Å². The Labute approximate surface area is 99.3 Å². The summed E-state index contributed by atoms with van der Waals surface area (Å²) in [6.45, 7) is 2.81. The normalized spacial score (nSPS) is 18.8. The van der Waals surface area contributed by atoms with Gasteiger partial charge in [-0.3, -0.25) is 0 Å². The first-order valence-electron chi connectivity index (χ1n) is 5.22. The molecule has 1 aliphatic rings. The monoisotopic (exact) mass is 240 g/mol. The Morgan fingerprint density at radius 3 is 2.94 bits per heavy atom. The molecule has 0 radical (unpaired) electrons. The Hall–Kier alpha value is -1.23. The molecule has 4 nitrogen and oxygen atoms in total. The lowest BCUT2D eigenvalue weighted by atomic mass is 10.2. The lowest BCUT2D eigenvalue weighted by molar-refractivity contribution is 0.300. The molecule has 5 heteroatoms. The molecule has 1 heterocycles. The fourth-order valence-corrected chi connectivity index (χ4v) is 2.77. The number of nitrogen functional groups attached to an aromatic ring is 2. The highest BCUT2D eigenvalue weighted by Gasteiger charge is 2.25. The maximum absolute atomic E-state index is 5.97. The van der Waals surface area contributed by atoms with E-state index in [9.17, 15) is 0 Å². The van der Waals surface area contributed by atoms with Crippen molar-refractivity contribution < 1.29 is 9.47 Å². The van der Waals surface area contributed by atoms with Crippen LogP contribution in [0.4, 0.5) is 11.4 Å². The number of benzene rings is 1. The number of rotatable bonds is 2. The van der Waals surface area contributed by atoms with Crippen LogP contribution in [-0.2, 0) is 0 Å². The topological polar surface area (TPSA) is 70.5 Å². The van der Waals surface area contributed by atoms with Gasteiger partial charge in [0.05, 0.1) is 17.7 Å². The molecule has 16 heavy (non-hydrogen) atoms. The molecule has 2 rings (SSSR count). The van der Waals surface area contributed by atoms with Crippen molar-refractivity contribution in [2.75, 3.05) is 25.2 Å². The molecule has 0 saturated heterocycles. The number of anilines is 2. The third-order valence-corrected chi connectivity index (χ3v) is 4.10. The second kappa shape index (κ2) is 4.33. The van der Waals surface area contributed by atoms with E-state index in [1.807, 2.05) is 0 Å². The van der Waals surface area contributed by atoms with Crippen LogP contribution in [-0.4, -0.2) is 19.0 Å². The van der Waals surface area contributed by atoms with Crippen LogP contribution in [0.5, 0.6) is 11.5 Å². The largest absolute Gasteiger partial charge is 0.494 e. The summed E-state index contributed by atoms with van der Waals surface area (Å²) in [5.41, 5.74) is 13.1. The fourth-order valence-electron chi connectivity index (χ4n) is 1.66. The van der Waals surface area contributed by atoms with Gasteiger partial charge < -0.3 is 20.9 Å². The molecule has 88 valence electrons. The number of fused-ring (bicyclic) bond motifs is 1. The van der Waals surface area contributed by atoms with E-state index in [4.69, 9.17) is 20.9 Å². The van der Waals surface area contributed by atoms with Gasteiger partial charge in [-0.25, -0.2) is 0 Å². The highest BCUT2D eigenvalue weighted by molar-refractivity contribution is 8.00. The number of hydrogen-bond donors (Lipinski definition) is 2. The highest BCUT2D eigenvalue weighted by atomic mass is 32.2. The van der Waals surface area contributed by atoms with Gasteiger partial charge in [0.15, 0.2) is 5.75 Å². The van der Waals surface area contributed by atoms with Gasteiger partial charge in [-0.2, -0.15) is 0 Å². The molecule has 1 aliphatic heterocycles. The number of hydrogen-bond acceptors (Lipinski definition) is 5. The Bertz CT molecular complexity index is 409. The summed E-state index contributed by atoms with van der Waals surface area (Å²) in [5.74, 6) is 1.25. The summed E-state index contributed by atoms with van der Waals surface area (Å²) in [7, 11) is 1.57. The number of ether oxygens (including phenoxy) is 2. The van der Waals surface area contributed by atoms with E-state index in [-0.39, 0.29) is 0 Å². The fraction of sp³-hybridized carbons (Fsp3) is 0.455. The third kappa shape index (κ3) is 1.75. The summed E-state index contributed by atoms with van der Waals surface area (Å²) in [6, 6.07) is 1.75. The Morgan fingerprint density at radius 1 is 1.56 bits per heavy atom. The highest BCUT2D eigenvalue weighted by Crippen LogP contribution is 2.48. The molecule has 1 aromatic rings. The summed E-state index contributed by atoms with van der Waals surface area (Å²) in [5, 5.41) is 0.447. The van der Waals surface area contributed by atoms with Gasteiger partial charge in [0.25, 0.3) is 0 Å². The lowest BCUT2D eigenvalue weighted by Gasteiger charge is -2.26. The maximum Gasteiger partial charge on any atom is 0.161 e. The quantitative estimate of drug-likeness (QED) is 0.775. The minimum Gasteiger partial charge on any atom is -0.494 e. The van der Waals surface area contributed by atoms with Crippen molar-refractivity contribution in [3.63, 3.8) is 0 Å². The van der Waals surface area contributed by atoms with Crippen LogP contribution in [0.25, 0.3) is 0 Å². The smallest absolute Gasteiger partial charge is 0.161 e. The van der Waals surface area contributed by atoms with Gasteiger partial charge in [0, 0.05) is 11.3 Å². The SMILES string of the molecule is CCC1COc2c(N)c(OC)cc(N)c2S1. The molecule has 0 bridgehead atoms. The third-order valence-electron chi connectivity index (χ3n) is 2.64. The molecular formula is C11H16N2O2S. The maximum atomic E-state index is 5.97. The number of methoxy groups -OCH3 is 1. The molecule has 1 aromatic carbocycles. The van der Waals surface area contributed by atoms with Gasteiger partial charge >= 0.3 is 0 Å². The van der Waals surface area contributed by atoms with E-state index in [2.05, 4.69) is 6.92 Å². The second-order valence-electron chi connectivity index (χ2n) is 3.70. The van der Waals surface area contributed by atoms with Crippen LogP contribution in [0.1, 0.15) is 13.3 Å². The minimum atomic E-state index is 0.447. The minimum absolute atomic E-state index is 0.447. The molecule has 1 atom stereocenters. The van der Waals surface area contributed by atoms with Gasteiger partial charge in [0.1, 0.15) is 18.0 Å².